The molecule has 3 heterocycles. The number of amides is 3. The summed E-state index contributed by atoms with van der Waals surface area (Å²) in [5.41, 5.74) is 2.70. The zero-order chi connectivity index (χ0) is 23.7. The van der Waals surface area contributed by atoms with E-state index in [1.165, 1.54) is 0 Å². The number of nitrogens with zero attached hydrogens (tertiary/aromatic N) is 4. The third-order valence-electron chi connectivity index (χ3n) is 5.67. The maximum absolute atomic E-state index is 12.5. The van der Waals surface area contributed by atoms with Crippen molar-refractivity contribution >= 4 is 34.3 Å². The molecule has 0 spiro atoms. The van der Waals surface area contributed by atoms with Crippen molar-refractivity contribution in [3.05, 3.63) is 66.6 Å². The molecule has 4 aromatic rings. The second kappa shape index (κ2) is 8.81. The molecule has 1 saturated heterocycles. The molecule has 172 valence electrons. The van der Waals surface area contributed by atoms with E-state index in [0.717, 1.165) is 11.1 Å². The van der Waals surface area contributed by atoms with E-state index in [9.17, 15) is 14.4 Å². The summed E-state index contributed by atoms with van der Waals surface area (Å²) in [7, 11) is 1.75. The number of rotatable bonds is 6. The molecule has 0 saturated carbocycles. The van der Waals surface area contributed by atoms with Crippen molar-refractivity contribution in [2.45, 2.75) is 18.8 Å². The fraction of sp³-hybridized carbons (Fsp3) is 0.208. The van der Waals surface area contributed by atoms with Crippen molar-refractivity contribution in [3.8, 4) is 11.4 Å². The highest BCUT2D eigenvalue weighted by Crippen LogP contribution is 2.34. The predicted octanol–water partition coefficient (Wildman–Crippen LogP) is 2.30. The van der Waals surface area contributed by atoms with Crippen LogP contribution in [-0.4, -0.2) is 43.9 Å². The summed E-state index contributed by atoms with van der Waals surface area (Å²) in [5.74, 6) is -0.997. The lowest BCUT2D eigenvalue weighted by molar-refractivity contribution is -0.134. The fourth-order valence-corrected chi connectivity index (χ4v) is 4.11. The largest absolute Gasteiger partial charge is 0.481 e. The van der Waals surface area contributed by atoms with Crippen LogP contribution in [0, 0.1) is 0 Å². The number of anilines is 1. The number of piperidine rings is 1. The van der Waals surface area contributed by atoms with Gasteiger partial charge >= 0.3 is 0 Å². The Labute approximate surface area is 194 Å². The van der Waals surface area contributed by atoms with Crippen LogP contribution >= 0.6 is 0 Å². The Balaban J connectivity index is 1.29. The molecule has 0 radical (unpaired) electrons. The number of benzene rings is 2. The van der Waals surface area contributed by atoms with Gasteiger partial charge in [-0.05, 0) is 24.6 Å². The van der Waals surface area contributed by atoms with Crippen LogP contribution in [0.25, 0.3) is 16.6 Å². The summed E-state index contributed by atoms with van der Waals surface area (Å²) in [6, 6.07) is 15.0. The van der Waals surface area contributed by atoms with Crippen molar-refractivity contribution in [3.63, 3.8) is 0 Å². The monoisotopic (exact) mass is 458 g/mol. The van der Waals surface area contributed by atoms with Gasteiger partial charge in [-0.3, -0.25) is 24.4 Å². The highest BCUT2D eigenvalue weighted by atomic mass is 16.5. The van der Waals surface area contributed by atoms with Gasteiger partial charge in [0.2, 0.25) is 11.8 Å². The van der Waals surface area contributed by atoms with Crippen molar-refractivity contribution < 1.29 is 19.1 Å². The van der Waals surface area contributed by atoms with Gasteiger partial charge in [-0.25, -0.2) is 4.68 Å². The van der Waals surface area contributed by atoms with E-state index in [4.69, 9.17) is 4.74 Å². The third-order valence-corrected chi connectivity index (χ3v) is 5.67. The van der Waals surface area contributed by atoms with Gasteiger partial charge in [-0.2, -0.15) is 10.2 Å². The third kappa shape index (κ3) is 4.13. The summed E-state index contributed by atoms with van der Waals surface area (Å²) in [6.45, 7) is -0.214. The van der Waals surface area contributed by atoms with Gasteiger partial charge in [-0.15, -0.1) is 0 Å². The van der Waals surface area contributed by atoms with Crippen LogP contribution in [0.15, 0.2) is 60.9 Å². The van der Waals surface area contributed by atoms with Gasteiger partial charge in [-0.1, -0.05) is 30.3 Å². The lowest BCUT2D eigenvalue weighted by atomic mass is 9.93. The normalized spacial score (nSPS) is 15.9. The van der Waals surface area contributed by atoms with E-state index in [-0.39, 0.29) is 30.7 Å². The molecule has 1 unspecified atom stereocenters. The minimum absolute atomic E-state index is 0.214. The quantitative estimate of drug-likeness (QED) is 0.428. The van der Waals surface area contributed by atoms with Crippen LogP contribution in [0.4, 0.5) is 5.69 Å². The van der Waals surface area contributed by atoms with Gasteiger partial charge < -0.3 is 10.1 Å². The average molecular weight is 458 g/mol. The smallest absolute Gasteiger partial charge is 0.262 e. The van der Waals surface area contributed by atoms with Crippen LogP contribution < -0.4 is 15.4 Å². The summed E-state index contributed by atoms with van der Waals surface area (Å²) in [6.07, 6.45) is 3.97. The first-order valence-electron chi connectivity index (χ1n) is 10.8. The zero-order valence-electron chi connectivity index (χ0n) is 18.4. The average Bonchev–Trinajstić information content (AvgIpc) is 3.43. The van der Waals surface area contributed by atoms with Crippen LogP contribution in [0.2, 0.25) is 0 Å². The number of nitrogens with one attached hydrogen (secondary N) is 2. The lowest BCUT2D eigenvalue weighted by Crippen LogP contribution is -2.39. The molecule has 34 heavy (non-hydrogen) atoms. The highest BCUT2D eigenvalue weighted by Gasteiger charge is 2.32. The van der Waals surface area contributed by atoms with Crippen LogP contribution in [0.1, 0.15) is 24.5 Å². The number of ether oxygens (including phenoxy) is 1. The first-order valence-corrected chi connectivity index (χ1v) is 10.8. The SMILES string of the molecule is Cn1nc(C2CCC(=O)NC2=O)c2cccc(OCC(=O)Nc3cnn(-c4ccccc4)c3)c21. The Bertz CT molecular complexity index is 1390. The Hall–Kier alpha value is -4.47. The molecule has 10 heteroatoms. The van der Waals surface area contributed by atoms with Gasteiger partial charge in [0.1, 0.15) is 11.3 Å². The Kier molecular flexibility index (Phi) is 5.54. The van der Waals surface area contributed by atoms with Gasteiger partial charge in [0.05, 0.1) is 35.4 Å². The predicted molar refractivity (Wildman–Crippen MR) is 124 cm³/mol. The van der Waals surface area contributed by atoms with E-state index >= 15 is 0 Å². The number of para-hydroxylation sites is 2. The topological polar surface area (TPSA) is 120 Å². The van der Waals surface area contributed by atoms with Crippen LogP contribution in [0.3, 0.4) is 0 Å². The van der Waals surface area contributed by atoms with E-state index in [0.29, 0.717) is 29.1 Å². The first kappa shape index (κ1) is 21.4. The van der Waals surface area contributed by atoms with Gasteiger partial charge in [0, 0.05) is 18.9 Å². The van der Waals surface area contributed by atoms with Crippen LogP contribution in [0.5, 0.6) is 5.75 Å². The maximum Gasteiger partial charge on any atom is 0.262 e. The Morgan fingerprint density at radius 2 is 2.00 bits per heavy atom. The van der Waals surface area contributed by atoms with Crippen molar-refractivity contribution in [2.24, 2.45) is 7.05 Å². The fourth-order valence-electron chi connectivity index (χ4n) is 4.11. The molecule has 2 N–H and O–H groups in total. The molecular weight excluding hydrogens is 436 g/mol. The van der Waals surface area contributed by atoms with Crippen molar-refractivity contribution in [1.29, 1.82) is 0 Å². The van der Waals surface area contributed by atoms with Crippen molar-refractivity contribution in [1.82, 2.24) is 24.9 Å². The van der Waals surface area contributed by atoms with E-state index in [1.54, 1.807) is 40.9 Å². The molecule has 1 aliphatic rings. The molecule has 0 bridgehead atoms. The lowest BCUT2D eigenvalue weighted by Gasteiger charge is -2.19. The first-order chi connectivity index (χ1) is 16.5. The molecule has 5 rings (SSSR count). The van der Waals surface area contributed by atoms with Gasteiger partial charge in [0.15, 0.2) is 6.61 Å². The molecule has 0 aliphatic carbocycles. The number of aromatic nitrogens is 4. The molecule has 1 fully saturated rings. The van der Waals surface area contributed by atoms with E-state index in [2.05, 4.69) is 20.8 Å². The highest BCUT2D eigenvalue weighted by molar-refractivity contribution is 6.03. The molecule has 10 nitrogen and oxygen atoms in total. The van der Waals surface area contributed by atoms with Gasteiger partial charge in [0.25, 0.3) is 5.91 Å². The number of hydrogen-bond acceptors (Lipinski definition) is 6. The minimum Gasteiger partial charge on any atom is -0.481 e. The molecule has 1 atom stereocenters. The molecular formula is C24H22N6O4. The zero-order valence-corrected chi connectivity index (χ0v) is 18.4. The van der Waals surface area contributed by atoms with E-state index < -0.39 is 5.92 Å². The van der Waals surface area contributed by atoms with Crippen molar-refractivity contribution in [2.75, 3.05) is 11.9 Å². The summed E-state index contributed by atoms with van der Waals surface area (Å²) in [5, 5.41) is 14.7. The second-order valence-electron chi connectivity index (χ2n) is 8.01. The molecule has 1 aliphatic heterocycles. The Morgan fingerprint density at radius 3 is 2.79 bits per heavy atom. The maximum atomic E-state index is 12.5. The number of imide groups is 1. The number of aryl methyl sites for hydroxylation is 1. The summed E-state index contributed by atoms with van der Waals surface area (Å²) in [4.78, 5) is 36.4. The molecule has 2 aromatic carbocycles. The second-order valence-corrected chi connectivity index (χ2v) is 8.01. The standard InChI is InChI=1S/C24H22N6O4/c1-29-23-17(22(28-29)18-10-11-20(31)27-24(18)33)8-5-9-19(23)34-14-21(32)26-15-12-25-30(13-15)16-6-3-2-4-7-16/h2-9,12-13,18H,10-11,14H2,1H3,(H,26,32)(H,27,31,33). The summed E-state index contributed by atoms with van der Waals surface area (Å²) >= 11 is 0. The number of carbonyl (C=O) groups excluding carboxylic acids is 3. The number of hydrogen-bond donors (Lipinski definition) is 2. The number of carbonyl (C=O) groups is 3. The molecule has 3 amide bonds. The summed E-state index contributed by atoms with van der Waals surface area (Å²) < 4.78 is 9.12. The molecule has 2 aromatic heterocycles. The van der Waals surface area contributed by atoms with E-state index in [1.807, 2.05) is 36.4 Å². The Morgan fingerprint density at radius 1 is 1.18 bits per heavy atom. The van der Waals surface area contributed by atoms with Crippen LogP contribution in [-0.2, 0) is 21.4 Å². The minimum atomic E-state index is -0.513. The number of fused-ring (bicyclic) bond motifs is 1.